The molecule has 0 unspecified atom stereocenters. The highest BCUT2D eigenvalue weighted by Crippen LogP contribution is 2.39. The molecule has 0 saturated carbocycles. The number of nitrogens with zero attached hydrogens (tertiary/aromatic N) is 2. The molecule has 0 spiro atoms. The minimum absolute atomic E-state index is 0.00147. The molecule has 0 atom stereocenters. The molecular formula is C22H21F2N3O3S. The minimum atomic E-state index is -4.12. The van der Waals surface area contributed by atoms with Crippen molar-refractivity contribution in [2.45, 2.75) is 11.4 Å². The quantitative estimate of drug-likeness (QED) is 0.489. The van der Waals surface area contributed by atoms with Crippen molar-refractivity contribution in [3.05, 3.63) is 72.1 Å². The summed E-state index contributed by atoms with van der Waals surface area (Å²) in [7, 11) is 0.833. The summed E-state index contributed by atoms with van der Waals surface area (Å²) in [6.45, 7) is 0.291. The number of fused-ring (bicyclic) bond motifs is 1. The van der Waals surface area contributed by atoms with Crippen LogP contribution in [0.25, 0.3) is 22.2 Å². The van der Waals surface area contributed by atoms with Crippen LogP contribution in [0.2, 0.25) is 0 Å². The molecule has 0 aliphatic rings. The van der Waals surface area contributed by atoms with E-state index < -0.39 is 21.7 Å². The van der Waals surface area contributed by atoms with Crippen LogP contribution in [-0.2, 0) is 23.6 Å². The second kappa shape index (κ2) is 7.82. The average molecular weight is 445 g/mol. The molecule has 2 heterocycles. The SMILES string of the molecule is CNCc1cn(S(=O)(=O)c2ccc3c(ccn3C)c2)c(-c2ccc(F)cc2F)c1OC. The van der Waals surface area contributed by atoms with Gasteiger partial charge in [0.05, 0.1) is 12.0 Å². The Bertz CT molecular complexity index is 1390. The van der Waals surface area contributed by atoms with Crippen molar-refractivity contribution in [3.8, 4) is 17.0 Å². The number of hydrogen-bond acceptors (Lipinski definition) is 4. The normalized spacial score (nSPS) is 11.9. The molecule has 2 aromatic heterocycles. The van der Waals surface area contributed by atoms with Gasteiger partial charge in [-0.25, -0.2) is 21.2 Å². The molecule has 2 aromatic carbocycles. The number of rotatable bonds is 6. The van der Waals surface area contributed by atoms with Gasteiger partial charge in [-0.2, -0.15) is 0 Å². The van der Waals surface area contributed by atoms with E-state index in [0.717, 1.165) is 20.9 Å². The van der Waals surface area contributed by atoms with Gasteiger partial charge in [0.1, 0.15) is 23.1 Å². The van der Waals surface area contributed by atoms with Crippen LogP contribution in [0.3, 0.4) is 0 Å². The van der Waals surface area contributed by atoms with Crippen LogP contribution >= 0.6 is 0 Å². The van der Waals surface area contributed by atoms with Crippen molar-refractivity contribution in [3.63, 3.8) is 0 Å². The van der Waals surface area contributed by atoms with Crippen molar-refractivity contribution in [1.29, 1.82) is 0 Å². The topological polar surface area (TPSA) is 65.3 Å². The van der Waals surface area contributed by atoms with E-state index in [4.69, 9.17) is 4.74 Å². The first-order valence-electron chi connectivity index (χ1n) is 9.47. The molecule has 6 nitrogen and oxygen atoms in total. The lowest BCUT2D eigenvalue weighted by Gasteiger charge is -2.13. The highest BCUT2D eigenvalue weighted by molar-refractivity contribution is 7.90. The standard InChI is InChI=1S/C22H21F2N3O3S/c1-25-12-15-13-27(21(22(15)30-3)18-6-4-16(23)11-19(18)24)31(28,29)17-5-7-20-14(10-17)8-9-26(20)2/h4-11,13,25H,12H2,1-3H3. The molecule has 0 aliphatic carbocycles. The summed E-state index contributed by atoms with van der Waals surface area (Å²) in [6.07, 6.45) is 3.24. The van der Waals surface area contributed by atoms with E-state index in [1.54, 1.807) is 19.2 Å². The van der Waals surface area contributed by atoms with Gasteiger partial charge in [0.15, 0.2) is 0 Å². The Morgan fingerprint density at radius 2 is 1.87 bits per heavy atom. The van der Waals surface area contributed by atoms with Crippen LogP contribution in [0.5, 0.6) is 5.75 Å². The predicted octanol–water partition coefficient (Wildman–Crippen LogP) is 3.89. The molecule has 0 amide bonds. The molecule has 162 valence electrons. The Hall–Kier alpha value is -3.17. The molecule has 0 saturated heterocycles. The third-order valence-corrected chi connectivity index (χ3v) is 6.83. The average Bonchev–Trinajstić information content (AvgIpc) is 3.29. The van der Waals surface area contributed by atoms with E-state index >= 15 is 0 Å². The van der Waals surface area contributed by atoms with E-state index in [1.807, 2.05) is 23.9 Å². The summed E-state index contributed by atoms with van der Waals surface area (Å²) in [4.78, 5) is 0.0450. The fourth-order valence-corrected chi connectivity index (χ4v) is 5.14. The number of aryl methyl sites for hydroxylation is 1. The zero-order valence-electron chi connectivity index (χ0n) is 17.2. The van der Waals surface area contributed by atoms with Gasteiger partial charge in [0.25, 0.3) is 10.0 Å². The molecule has 1 N–H and O–H groups in total. The first-order valence-corrected chi connectivity index (χ1v) is 10.9. The third kappa shape index (κ3) is 3.49. The van der Waals surface area contributed by atoms with Gasteiger partial charge in [0, 0.05) is 54.1 Å². The van der Waals surface area contributed by atoms with Gasteiger partial charge in [0.2, 0.25) is 0 Å². The summed E-state index contributed by atoms with van der Waals surface area (Å²) in [5.74, 6) is -1.45. The largest absolute Gasteiger partial charge is 0.494 e. The van der Waals surface area contributed by atoms with E-state index in [1.165, 1.54) is 25.4 Å². The van der Waals surface area contributed by atoms with Gasteiger partial charge in [-0.3, -0.25) is 0 Å². The Labute approximate surface area is 178 Å². The number of methoxy groups -OCH3 is 1. The maximum Gasteiger partial charge on any atom is 0.268 e. The van der Waals surface area contributed by atoms with Crippen molar-refractivity contribution >= 4 is 20.9 Å². The van der Waals surface area contributed by atoms with E-state index in [9.17, 15) is 17.2 Å². The molecule has 4 aromatic rings. The van der Waals surface area contributed by atoms with Crippen LogP contribution < -0.4 is 10.1 Å². The van der Waals surface area contributed by atoms with Gasteiger partial charge < -0.3 is 14.6 Å². The molecule has 0 aliphatic heterocycles. The van der Waals surface area contributed by atoms with E-state index in [-0.39, 0.29) is 21.9 Å². The van der Waals surface area contributed by atoms with Crippen LogP contribution in [0.1, 0.15) is 5.56 Å². The maximum absolute atomic E-state index is 14.7. The zero-order valence-corrected chi connectivity index (χ0v) is 18.0. The predicted molar refractivity (Wildman–Crippen MR) is 115 cm³/mol. The monoisotopic (exact) mass is 445 g/mol. The fourth-order valence-electron chi connectivity index (χ4n) is 3.71. The number of halogens is 2. The Balaban J connectivity index is 1.99. The minimum Gasteiger partial charge on any atom is -0.494 e. The summed E-state index contributed by atoms with van der Waals surface area (Å²) < 4.78 is 63.8. The highest BCUT2D eigenvalue weighted by atomic mass is 32.2. The van der Waals surface area contributed by atoms with Crippen LogP contribution in [0, 0.1) is 11.6 Å². The smallest absolute Gasteiger partial charge is 0.268 e. The Kier molecular flexibility index (Phi) is 5.32. The summed E-state index contributed by atoms with van der Waals surface area (Å²) in [5, 5.41) is 3.71. The second-order valence-electron chi connectivity index (χ2n) is 7.14. The molecule has 4 rings (SSSR count). The van der Waals surface area contributed by atoms with Crippen molar-refractivity contribution in [1.82, 2.24) is 13.9 Å². The lowest BCUT2D eigenvalue weighted by molar-refractivity contribution is 0.411. The number of nitrogens with one attached hydrogen (secondary N) is 1. The summed E-state index contributed by atoms with van der Waals surface area (Å²) in [5.41, 5.74) is 1.32. The lowest BCUT2D eigenvalue weighted by Crippen LogP contribution is -2.14. The van der Waals surface area contributed by atoms with Crippen molar-refractivity contribution < 1.29 is 21.9 Å². The first-order chi connectivity index (χ1) is 14.8. The fraction of sp³-hybridized carbons (Fsp3) is 0.182. The number of aromatic nitrogens is 2. The molecule has 0 bridgehead atoms. The molecule has 0 fully saturated rings. The van der Waals surface area contributed by atoms with Gasteiger partial charge in [-0.15, -0.1) is 0 Å². The Morgan fingerprint density at radius 1 is 1.10 bits per heavy atom. The number of hydrogen-bond donors (Lipinski definition) is 1. The Morgan fingerprint density at radius 3 is 2.55 bits per heavy atom. The lowest BCUT2D eigenvalue weighted by atomic mass is 10.1. The zero-order chi connectivity index (χ0) is 22.3. The van der Waals surface area contributed by atoms with Crippen LogP contribution in [0.15, 0.2) is 59.8 Å². The summed E-state index contributed by atoms with van der Waals surface area (Å²) in [6, 6.07) is 9.61. The highest BCUT2D eigenvalue weighted by Gasteiger charge is 2.28. The number of benzene rings is 2. The third-order valence-electron chi connectivity index (χ3n) is 5.17. The molecule has 31 heavy (non-hydrogen) atoms. The van der Waals surface area contributed by atoms with Gasteiger partial charge in [-0.1, -0.05) is 0 Å². The van der Waals surface area contributed by atoms with Gasteiger partial charge in [-0.05, 0) is 43.4 Å². The van der Waals surface area contributed by atoms with Crippen molar-refractivity contribution in [2.24, 2.45) is 7.05 Å². The summed E-state index contributed by atoms with van der Waals surface area (Å²) >= 11 is 0. The first kappa shape index (κ1) is 21.1. The van der Waals surface area contributed by atoms with Gasteiger partial charge >= 0.3 is 0 Å². The maximum atomic E-state index is 14.7. The second-order valence-corrected chi connectivity index (χ2v) is 8.95. The molecular weight excluding hydrogens is 424 g/mol. The number of ether oxygens (including phenoxy) is 1. The van der Waals surface area contributed by atoms with Crippen LogP contribution in [-0.4, -0.2) is 31.1 Å². The molecule has 0 radical (unpaired) electrons. The van der Waals surface area contributed by atoms with Crippen LogP contribution in [0.4, 0.5) is 8.78 Å². The molecule has 9 heteroatoms. The van der Waals surface area contributed by atoms with E-state index in [0.29, 0.717) is 18.2 Å². The van der Waals surface area contributed by atoms with E-state index in [2.05, 4.69) is 5.32 Å². The van der Waals surface area contributed by atoms with Crippen molar-refractivity contribution in [2.75, 3.05) is 14.2 Å².